The van der Waals surface area contributed by atoms with Gasteiger partial charge in [0.15, 0.2) is 0 Å². The number of aryl methyl sites for hydroxylation is 1. The van der Waals surface area contributed by atoms with E-state index in [0.717, 1.165) is 16.9 Å². The van der Waals surface area contributed by atoms with Crippen LogP contribution in [0.1, 0.15) is 16.2 Å². The van der Waals surface area contributed by atoms with E-state index >= 15 is 0 Å². The number of aliphatic hydroxyl groups is 1. The standard InChI is InChI=1S/C18H18N2O4/c1-12-19-16-7-2-3-8-17(16)20(12)10-14(21)11-24-15-6-4-5-13(9-15)18(22)23/h2-9,14,21H,10-11H2,1H3,(H,22,23)/t14-/m0/s1. The van der Waals surface area contributed by atoms with E-state index in [2.05, 4.69) is 4.98 Å². The fraction of sp³-hybridized carbons (Fsp3) is 0.222. The lowest BCUT2D eigenvalue weighted by Crippen LogP contribution is -2.24. The number of carbonyl (C=O) groups is 1. The van der Waals surface area contributed by atoms with Crippen LogP contribution in [0.5, 0.6) is 5.75 Å². The highest BCUT2D eigenvalue weighted by Crippen LogP contribution is 2.17. The van der Waals surface area contributed by atoms with Crippen molar-refractivity contribution in [1.29, 1.82) is 0 Å². The van der Waals surface area contributed by atoms with Gasteiger partial charge >= 0.3 is 5.97 Å². The first-order valence-electron chi connectivity index (χ1n) is 7.60. The largest absolute Gasteiger partial charge is 0.491 e. The van der Waals surface area contributed by atoms with E-state index in [0.29, 0.717) is 12.3 Å². The number of fused-ring (bicyclic) bond motifs is 1. The number of ether oxygens (including phenoxy) is 1. The molecule has 6 nitrogen and oxygen atoms in total. The van der Waals surface area contributed by atoms with Crippen molar-refractivity contribution in [2.24, 2.45) is 0 Å². The maximum absolute atomic E-state index is 10.9. The Bertz CT molecular complexity index is 872. The van der Waals surface area contributed by atoms with Crippen LogP contribution in [-0.2, 0) is 6.54 Å². The zero-order valence-corrected chi connectivity index (χ0v) is 13.2. The van der Waals surface area contributed by atoms with Crippen LogP contribution in [0.3, 0.4) is 0 Å². The van der Waals surface area contributed by atoms with E-state index in [-0.39, 0.29) is 12.2 Å². The van der Waals surface area contributed by atoms with Crippen molar-refractivity contribution in [1.82, 2.24) is 9.55 Å². The zero-order chi connectivity index (χ0) is 17.1. The SMILES string of the molecule is Cc1nc2ccccc2n1C[C@H](O)COc1cccc(C(=O)O)c1. The van der Waals surface area contributed by atoms with Crippen molar-refractivity contribution in [2.45, 2.75) is 19.6 Å². The molecule has 3 aromatic rings. The van der Waals surface area contributed by atoms with Gasteiger partial charge < -0.3 is 19.5 Å². The summed E-state index contributed by atoms with van der Waals surface area (Å²) in [7, 11) is 0. The van der Waals surface area contributed by atoms with Crippen LogP contribution >= 0.6 is 0 Å². The first kappa shape index (κ1) is 16.0. The molecule has 0 radical (unpaired) electrons. The molecule has 0 bridgehead atoms. The van der Waals surface area contributed by atoms with Crippen LogP contribution in [0.15, 0.2) is 48.5 Å². The predicted octanol–water partition coefficient (Wildman–Crippen LogP) is 2.48. The molecule has 0 aliphatic heterocycles. The van der Waals surface area contributed by atoms with Crippen LogP contribution in [0.25, 0.3) is 11.0 Å². The molecule has 1 aromatic heterocycles. The zero-order valence-electron chi connectivity index (χ0n) is 13.2. The molecule has 124 valence electrons. The number of aromatic nitrogens is 2. The fourth-order valence-corrected chi connectivity index (χ4v) is 2.60. The molecule has 0 unspecified atom stereocenters. The van der Waals surface area contributed by atoms with Crippen molar-refractivity contribution in [3.05, 3.63) is 59.9 Å². The number of aromatic carboxylic acids is 1. The van der Waals surface area contributed by atoms with Gasteiger partial charge in [-0.1, -0.05) is 18.2 Å². The summed E-state index contributed by atoms with van der Waals surface area (Å²) in [5.41, 5.74) is 2.00. The van der Waals surface area contributed by atoms with Gasteiger partial charge in [-0.25, -0.2) is 9.78 Å². The molecule has 24 heavy (non-hydrogen) atoms. The van der Waals surface area contributed by atoms with E-state index in [4.69, 9.17) is 9.84 Å². The maximum Gasteiger partial charge on any atom is 0.335 e. The number of carboxylic acid groups (broad SMARTS) is 1. The number of aliphatic hydroxyl groups excluding tert-OH is 1. The first-order valence-corrected chi connectivity index (χ1v) is 7.60. The second kappa shape index (κ2) is 6.72. The van der Waals surface area contributed by atoms with Crippen LogP contribution in [-0.4, -0.2) is 38.4 Å². The molecule has 6 heteroatoms. The fourth-order valence-electron chi connectivity index (χ4n) is 2.60. The van der Waals surface area contributed by atoms with E-state index in [1.807, 2.05) is 35.8 Å². The third-order valence-corrected chi connectivity index (χ3v) is 3.76. The Balaban J connectivity index is 1.67. The third kappa shape index (κ3) is 3.38. The van der Waals surface area contributed by atoms with Crippen molar-refractivity contribution in [3.8, 4) is 5.75 Å². The van der Waals surface area contributed by atoms with Gasteiger partial charge in [0.05, 0.1) is 23.1 Å². The second-order valence-corrected chi connectivity index (χ2v) is 5.56. The molecule has 2 aromatic carbocycles. The van der Waals surface area contributed by atoms with Crippen LogP contribution in [0.4, 0.5) is 0 Å². The monoisotopic (exact) mass is 326 g/mol. The summed E-state index contributed by atoms with van der Waals surface area (Å²) >= 11 is 0. The summed E-state index contributed by atoms with van der Waals surface area (Å²) in [6.07, 6.45) is -0.741. The summed E-state index contributed by atoms with van der Waals surface area (Å²) in [4.78, 5) is 15.4. The summed E-state index contributed by atoms with van der Waals surface area (Å²) in [5.74, 6) is 0.228. The molecule has 0 amide bonds. The second-order valence-electron chi connectivity index (χ2n) is 5.56. The highest BCUT2D eigenvalue weighted by Gasteiger charge is 2.13. The molecule has 3 rings (SSSR count). The normalized spacial score (nSPS) is 12.2. The number of para-hydroxylation sites is 2. The van der Waals surface area contributed by atoms with E-state index in [1.54, 1.807) is 12.1 Å². The molecule has 0 saturated carbocycles. The van der Waals surface area contributed by atoms with Crippen molar-refractivity contribution in [3.63, 3.8) is 0 Å². The van der Waals surface area contributed by atoms with Crippen LogP contribution in [0.2, 0.25) is 0 Å². The molecule has 1 atom stereocenters. The number of hydrogen-bond acceptors (Lipinski definition) is 4. The minimum Gasteiger partial charge on any atom is -0.491 e. The summed E-state index contributed by atoms with van der Waals surface area (Å²) < 4.78 is 7.45. The van der Waals surface area contributed by atoms with Crippen molar-refractivity contribution >= 4 is 17.0 Å². The van der Waals surface area contributed by atoms with Crippen molar-refractivity contribution < 1.29 is 19.7 Å². The Kier molecular flexibility index (Phi) is 4.48. The van der Waals surface area contributed by atoms with Gasteiger partial charge in [0, 0.05) is 0 Å². The quantitative estimate of drug-likeness (QED) is 0.727. The average molecular weight is 326 g/mol. The number of nitrogens with zero attached hydrogens (tertiary/aromatic N) is 2. The van der Waals surface area contributed by atoms with Gasteiger partial charge in [0.2, 0.25) is 0 Å². The van der Waals surface area contributed by atoms with Gasteiger partial charge in [-0.15, -0.1) is 0 Å². The van der Waals surface area contributed by atoms with Gasteiger partial charge in [0.1, 0.15) is 24.3 Å². The molecule has 0 aliphatic rings. The van der Waals surface area contributed by atoms with Gasteiger partial charge in [0.25, 0.3) is 0 Å². The Morgan fingerprint density at radius 2 is 2.04 bits per heavy atom. The number of hydrogen-bond donors (Lipinski definition) is 2. The van der Waals surface area contributed by atoms with E-state index in [9.17, 15) is 9.90 Å². The molecule has 0 saturated heterocycles. The average Bonchev–Trinajstić information content (AvgIpc) is 2.89. The number of imidazole rings is 1. The Labute approximate surface area is 138 Å². The van der Waals surface area contributed by atoms with E-state index < -0.39 is 12.1 Å². The molecular weight excluding hydrogens is 308 g/mol. The lowest BCUT2D eigenvalue weighted by Gasteiger charge is -2.15. The number of carboxylic acids is 1. The summed E-state index contributed by atoms with van der Waals surface area (Å²) in [5, 5.41) is 19.2. The Morgan fingerprint density at radius 3 is 2.83 bits per heavy atom. The van der Waals surface area contributed by atoms with Crippen molar-refractivity contribution in [2.75, 3.05) is 6.61 Å². The molecule has 0 fully saturated rings. The van der Waals surface area contributed by atoms with Crippen LogP contribution < -0.4 is 4.74 Å². The highest BCUT2D eigenvalue weighted by molar-refractivity contribution is 5.88. The summed E-state index contributed by atoms with van der Waals surface area (Å²) in [6, 6.07) is 13.9. The molecule has 0 spiro atoms. The lowest BCUT2D eigenvalue weighted by molar-refractivity contribution is 0.0695. The smallest absolute Gasteiger partial charge is 0.335 e. The summed E-state index contributed by atoms with van der Waals surface area (Å²) in [6.45, 7) is 2.31. The molecule has 2 N–H and O–H groups in total. The lowest BCUT2D eigenvalue weighted by atomic mass is 10.2. The minimum absolute atomic E-state index is 0.0645. The molecule has 1 heterocycles. The van der Waals surface area contributed by atoms with Gasteiger partial charge in [-0.3, -0.25) is 0 Å². The molecule has 0 aliphatic carbocycles. The maximum atomic E-state index is 10.9. The number of rotatable bonds is 6. The Hall–Kier alpha value is -2.86. The van der Waals surface area contributed by atoms with Gasteiger partial charge in [-0.05, 0) is 37.3 Å². The minimum atomic E-state index is -1.01. The highest BCUT2D eigenvalue weighted by atomic mass is 16.5. The Morgan fingerprint density at radius 1 is 1.25 bits per heavy atom. The topological polar surface area (TPSA) is 84.6 Å². The van der Waals surface area contributed by atoms with Gasteiger partial charge in [-0.2, -0.15) is 0 Å². The first-order chi connectivity index (χ1) is 11.5. The third-order valence-electron chi connectivity index (χ3n) is 3.76. The van der Waals surface area contributed by atoms with Crippen LogP contribution in [0, 0.1) is 6.92 Å². The number of benzene rings is 2. The van der Waals surface area contributed by atoms with E-state index in [1.165, 1.54) is 12.1 Å². The molecular formula is C18H18N2O4. The predicted molar refractivity (Wildman–Crippen MR) is 89.4 cm³/mol.